The molecule has 0 unspecified atom stereocenters. The number of aromatic nitrogens is 2. The Morgan fingerprint density at radius 1 is 1.05 bits per heavy atom. The molecule has 2 N–H and O–H groups in total. The molecule has 1 saturated heterocycles. The molecule has 1 fully saturated rings. The second kappa shape index (κ2) is 12.8. The first kappa shape index (κ1) is 27.5. The number of anilines is 2. The first-order valence-electron chi connectivity index (χ1n) is 13.0. The number of hydrogen-bond acceptors (Lipinski definition) is 8. The highest BCUT2D eigenvalue weighted by Crippen LogP contribution is 2.33. The Labute approximate surface area is 228 Å². The van der Waals surface area contributed by atoms with Crippen LogP contribution in [0.5, 0.6) is 5.75 Å². The normalized spacial score (nSPS) is 13.6. The van der Waals surface area contributed by atoms with Crippen LogP contribution in [-0.2, 0) is 4.79 Å². The molecular weight excluding hydrogens is 494 g/mol. The van der Waals surface area contributed by atoms with Crippen LogP contribution in [0.1, 0.15) is 29.9 Å². The van der Waals surface area contributed by atoms with Crippen molar-refractivity contribution < 1.29 is 14.3 Å². The Kier molecular flexibility index (Phi) is 9.07. The van der Waals surface area contributed by atoms with Crippen LogP contribution in [0.15, 0.2) is 54.9 Å². The van der Waals surface area contributed by atoms with Gasteiger partial charge in [0, 0.05) is 62.4 Å². The molecule has 0 atom stereocenters. The molecule has 39 heavy (non-hydrogen) atoms. The molecule has 2 aromatic carbocycles. The van der Waals surface area contributed by atoms with Crippen LogP contribution >= 0.6 is 0 Å². The van der Waals surface area contributed by atoms with E-state index in [-0.39, 0.29) is 18.4 Å². The quantitative estimate of drug-likeness (QED) is 0.435. The van der Waals surface area contributed by atoms with Gasteiger partial charge in [-0.2, -0.15) is 5.26 Å². The van der Waals surface area contributed by atoms with Crippen molar-refractivity contribution in [2.45, 2.75) is 13.8 Å². The molecule has 2 amide bonds. The summed E-state index contributed by atoms with van der Waals surface area (Å²) in [6, 6.07) is 14.9. The maximum absolute atomic E-state index is 13.1. The predicted octanol–water partition coefficient (Wildman–Crippen LogP) is 3.17. The minimum Gasteiger partial charge on any atom is -0.493 e. The second-order valence-corrected chi connectivity index (χ2v) is 9.69. The first-order chi connectivity index (χ1) is 18.9. The lowest BCUT2D eigenvalue weighted by molar-refractivity contribution is -0.117. The van der Waals surface area contributed by atoms with Gasteiger partial charge in [-0.25, -0.2) is 9.97 Å². The van der Waals surface area contributed by atoms with Gasteiger partial charge in [0.25, 0.3) is 5.91 Å². The van der Waals surface area contributed by atoms with Gasteiger partial charge < -0.3 is 20.3 Å². The number of amides is 2. The number of hydrogen-bond donors (Lipinski definition) is 2. The van der Waals surface area contributed by atoms with Crippen LogP contribution in [0.4, 0.5) is 11.5 Å². The molecule has 0 spiro atoms. The summed E-state index contributed by atoms with van der Waals surface area (Å²) in [5.41, 5.74) is 2.78. The molecule has 3 aromatic rings. The summed E-state index contributed by atoms with van der Waals surface area (Å²) in [7, 11) is 1.58. The van der Waals surface area contributed by atoms with E-state index in [1.165, 1.54) is 6.20 Å². The van der Waals surface area contributed by atoms with Crippen molar-refractivity contribution in [2.75, 3.05) is 56.6 Å². The monoisotopic (exact) mass is 527 g/mol. The Hall–Kier alpha value is -4.49. The minimum atomic E-state index is -0.238. The number of nitrogens with one attached hydrogen (secondary N) is 2. The molecule has 0 bridgehead atoms. The van der Waals surface area contributed by atoms with E-state index in [2.05, 4.69) is 45.4 Å². The number of ether oxygens (including phenoxy) is 1. The number of nitrogens with zero attached hydrogens (tertiary/aromatic N) is 5. The van der Waals surface area contributed by atoms with E-state index >= 15 is 0 Å². The molecule has 1 aromatic heterocycles. The van der Waals surface area contributed by atoms with E-state index in [1.54, 1.807) is 31.4 Å². The molecule has 1 aliphatic rings. The van der Waals surface area contributed by atoms with Crippen molar-refractivity contribution in [2.24, 2.45) is 5.92 Å². The smallest absolute Gasteiger partial charge is 0.251 e. The summed E-state index contributed by atoms with van der Waals surface area (Å²) in [5, 5.41) is 15.0. The number of carbonyl (C=O) groups excluding carboxylic acids is 2. The number of piperazine rings is 1. The number of nitriles is 1. The van der Waals surface area contributed by atoms with E-state index in [4.69, 9.17) is 4.74 Å². The summed E-state index contributed by atoms with van der Waals surface area (Å²) >= 11 is 0. The van der Waals surface area contributed by atoms with Crippen LogP contribution in [0.25, 0.3) is 11.1 Å². The molecule has 202 valence electrons. The van der Waals surface area contributed by atoms with Gasteiger partial charge in [-0.3, -0.25) is 14.5 Å². The Balaban J connectivity index is 1.46. The van der Waals surface area contributed by atoms with Gasteiger partial charge in [-0.05, 0) is 35.7 Å². The van der Waals surface area contributed by atoms with Crippen molar-refractivity contribution in [1.82, 2.24) is 20.2 Å². The Morgan fingerprint density at radius 2 is 1.77 bits per heavy atom. The Morgan fingerprint density at radius 3 is 2.44 bits per heavy atom. The zero-order valence-corrected chi connectivity index (χ0v) is 22.5. The number of benzene rings is 2. The number of carbonyl (C=O) groups is 2. The van der Waals surface area contributed by atoms with Gasteiger partial charge in [0.1, 0.15) is 11.8 Å². The Bertz CT molecular complexity index is 1340. The molecule has 1 aliphatic heterocycles. The predicted molar refractivity (Wildman–Crippen MR) is 150 cm³/mol. The summed E-state index contributed by atoms with van der Waals surface area (Å²) in [5.74, 6) is 1.31. The van der Waals surface area contributed by atoms with Gasteiger partial charge in [-0.15, -0.1) is 0 Å². The van der Waals surface area contributed by atoms with Crippen molar-refractivity contribution >= 4 is 23.3 Å². The van der Waals surface area contributed by atoms with Crippen LogP contribution in [0.3, 0.4) is 0 Å². The third-order valence-electron chi connectivity index (χ3n) is 6.36. The second-order valence-electron chi connectivity index (χ2n) is 9.69. The largest absolute Gasteiger partial charge is 0.493 e. The van der Waals surface area contributed by atoms with Gasteiger partial charge in [0.05, 0.1) is 13.2 Å². The summed E-state index contributed by atoms with van der Waals surface area (Å²) in [4.78, 5) is 38.3. The topological polar surface area (TPSA) is 123 Å². The van der Waals surface area contributed by atoms with Crippen molar-refractivity contribution in [1.29, 1.82) is 5.26 Å². The number of rotatable bonds is 9. The van der Waals surface area contributed by atoms with Crippen LogP contribution in [0.2, 0.25) is 0 Å². The van der Waals surface area contributed by atoms with Gasteiger partial charge >= 0.3 is 0 Å². The summed E-state index contributed by atoms with van der Waals surface area (Å²) in [6.45, 7) is 7.52. The maximum atomic E-state index is 13.1. The minimum absolute atomic E-state index is 0.173. The van der Waals surface area contributed by atoms with Crippen molar-refractivity contribution in [3.05, 3.63) is 66.1 Å². The molecular formula is C29H33N7O3. The zero-order chi connectivity index (χ0) is 27.8. The maximum Gasteiger partial charge on any atom is 0.251 e. The lowest BCUT2D eigenvalue weighted by Crippen LogP contribution is -2.49. The van der Waals surface area contributed by atoms with Crippen molar-refractivity contribution in [3.8, 4) is 22.9 Å². The van der Waals surface area contributed by atoms with Crippen LogP contribution in [-0.4, -0.2) is 73.1 Å². The molecule has 4 rings (SSSR count). The zero-order valence-electron chi connectivity index (χ0n) is 22.5. The van der Waals surface area contributed by atoms with E-state index in [0.717, 1.165) is 11.3 Å². The highest BCUT2D eigenvalue weighted by Gasteiger charge is 2.23. The van der Waals surface area contributed by atoms with Gasteiger partial charge in [0.15, 0.2) is 11.5 Å². The molecule has 2 heterocycles. The highest BCUT2D eigenvalue weighted by atomic mass is 16.5. The van der Waals surface area contributed by atoms with Crippen LogP contribution in [0, 0.1) is 17.2 Å². The molecule has 10 heteroatoms. The third-order valence-corrected chi connectivity index (χ3v) is 6.36. The standard InChI is InChI=1S/C29H33N7O3/c1-20(2)19-39-22-9-7-21(8-10-22)27-23(29(38)31-3)5-4-6-24(27)34-26(37)18-35-13-15-36(16-14-35)28-25(17-30)32-11-12-33-28/h4-12,20H,13-16,18-19H2,1-3H3,(H,31,38)(H,34,37). The van der Waals surface area contributed by atoms with Gasteiger partial charge in [-0.1, -0.05) is 32.0 Å². The third kappa shape index (κ3) is 6.89. The van der Waals surface area contributed by atoms with Crippen LogP contribution < -0.4 is 20.3 Å². The highest BCUT2D eigenvalue weighted by molar-refractivity contribution is 6.06. The fraction of sp³-hybridized carbons (Fsp3) is 0.345. The van der Waals surface area contributed by atoms with E-state index in [9.17, 15) is 14.9 Å². The molecule has 0 aliphatic carbocycles. The van der Waals surface area contributed by atoms with E-state index in [1.807, 2.05) is 29.2 Å². The average molecular weight is 528 g/mol. The van der Waals surface area contributed by atoms with E-state index < -0.39 is 0 Å². The summed E-state index contributed by atoms with van der Waals surface area (Å²) < 4.78 is 5.80. The first-order valence-corrected chi connectivity index (χ1v) is 13.0. The van der Waals surface area contributed by atoms with E-state index in [0.29, 0.717) is 67.0 Å². The fourth-order valence-electron chi connectivity index (χ4n) is 4.42. The molecule has 10 nitrogen and oxygen atoms in total. The lowest BCUT2D eigenvalue weighted by Gasteiger charge is -2.35. The fourth-order valence-corrected chi connectivity index (χ4v) is 4.42. The lowest BCUT2D eigenvalue weighted by atomic mass is 9.96. The average Bonchev–Trinajstić information content (AvgIpc) is 2.96. The molecule has 0 saturated carbocycles. The summed E-state index contributed by atoms with van der Waals surface area (Å²) in [6.07, 6.45) is 3.08. The SMILES string of the molecule is CNC(=O)c1cccc(NC(=O)CN2CCN(c3nccnc3C#N)CC2)c1-c1ccc(OCC(C)C)cc1. The molecule has 0 radical (unpaired) electrons. The van der Waals surface area contributed by atoms with Crippen molar-refractivity contribution in [3.63, 3.8) is 0 Å². The van der Waals surface area contributed by atoms with Gasteiger partial charge in [0.2, 0.25) is 5.91 Å².